The van der Waals surface area contributed by atoms with Crippen molar-refractivity contribution in [2.75, 3.05) is 17.6 Å². The molecule has 0 saturated carbocycles. The number of nitrogen functional groups attached to an aromatic ring is 1. The number of anilines is 2. The van der Waals surface area contributed by atoms with Gasteiger partial charge in [0.15, 0.2) is 5.65 Å². The molecule has 3 heterocycles. The normalized spacial score (nSPS) is 11.5. The van der Waals surface area contributed by atoms with Crippen LogP contribution in [0, 0.1) is 18.6 Å². The van der Waals surface area contributed by atoms with Crippen LogP contribution in [0.3, 0.4) is 0 Å². The van der Waals surface area contributed by atoms with Gasteiger partial charge >= 0.3 is 0 Å². The van der Waals surface area contributed by atoms with Crippen molar-refractivity contribution in [3.8, 4) is 17.0 Å². The second kappa shape index (κ2) is 7.96. The summed E-state index contributed by atoms with van der Waals surface area (Å²) >= 11 is 0. The largest absolute Gasteiger partial charge is 0.480 e. The van der Waals surface area contributed by atoms with Crippen LogP contribution in [0.1, 0.15) is 5.69 Å². The van der Waals surface area contributed by atoms with Gasteiger partial charge in [-0.15, -0.1) is 0 Å². The second-order valence-electron chi connectivity index (χ2n) is 6.72. The maximum Gasteiger partial charge on any atom is 0.264 e. The Bertz CT molecular complexity index is 1460. The number of halogens is 2. The van der Waals surface area contributed by atoms with Crippen LogP contribution in [0.15, 0.2) is 47.6 Å². The zero-order valence-corrected chi connectivity index (χ0v) is 17.6. The van der Waals surface area contributed by atoms with E-state index in [4.69, 9.17) is 10.5 Å². The number of rotatable bonds is 5. The molecule has 0 aliphatic heterocycles. The van der Waals surface area contributed by atoms with E-state index in [0.717, 1.165) is 12.1 Å². The molecule has 12 heteroatoms. The van der Waals surface area contributed by atoms with Crippen LogP contribution < -0.4 is 15.2 Å². The SMILES string of the molecule is COc1ncc(-c2cnc3nc(N)nc(C)c3c2)cc1NS(=O)(=O)c1ccc(F)cc1F. The summed E-state index contributed by atoms with van der Waals surface area (Å²) in [6, 6.07) is 5.39. The van der Waals surface area contributed by atoms with Crippen LogP contribution in [0.4, 0.5) is 20.4 Å². The summed E-state index contributed by atoms with van der Waals surface area (Å²) in [6.07, 6.45) is 2.99. The summed E-state index contributed by atoms with van der Waals surface area (Å²) in [5.41, 5.74) is 7.73. The fourth-order valence-corrected chi connectivity index (χ4v) is 4.18. The highest BCUT2D eigenvalue weighted by molar-refractivity contribution is 7.92. The summed E-state index contributed by atoms with van der Waals surface area (Å²) in [5, 5.41) is 0.656. The maximum absolute atomic E-state index is 14.1. The summed E-state index contributed by atoms with van der Waals surface area (Å²) < 4.78 is 60.0. The molecule has 0 atom stereocenters. The predicted octanol–water partition coefficient (Wildman–Crippen LogP) is 3.07. The molecule has 3 N–H and O–H groups in total. The Labute approximate surface area is 181 Å². The van der Waals surface area contributed by atoms with E-state index in [9.17, 15) is 17.2 Å². The summed E-state index contributed by atoms with van der Waals surface area (Å²) in [5.74, 6) is -2.06. The van der Waals surface area contributed by atoms with E-state index in [0.29, 0.717) is 33.9 Å². The Morgan fingerprint density at radius 2 is 1.75 bits per heavy atom. The third-order valence-electron chi connectivity index (χ3n) is 4.56. The minimum absolute atomic E-state index is 0.0409. The van der Waals surface area contributed by atoms with Crippen molar-refractivity contribution in [2.45, 2.75) is 11.8 Å². The minimum Gasteiger partial charge on any atom is -0.480 e. The number of aryl methyl sites for hydroxylation is 1. The molecule has 164 valence electrons. The Balaban J connectivity index is 1.77. The van der Waals surface area contributed by atoms with Gasteiger partial charge in [-0.3, -0.25) is 4.72 Å². The number of fused-ring (bicyclic) bond motifs is 1. The van der Waals surface area contributed by atoms with Crippen molar-refractivity contribution < 1.29 is 21.9 Å². The van der Waals surface area contributed by atoms with Gasteiger partial charge in [-0.1, -0.05) is 0 Å². The molecule has 0 unspecified atom stereocenters. The topological polar surface area (TPSA) is 133 Å². The van der Waals surface area contributed by atoms with Gasteiger partial charge in [0, 0.05) is 35.0 Å². The summed E-state index contributed by atoms with van der Waals surface area (Å²) in [4.78, 5) is 15.9. The van der Waals surface area contributed by atoms with Gasteiger partial charge in [-0.25, -0.2) is 32.2 Å². The van der Waals surface area contributed by atoms with Crippen LogP contribution in [-0.4, -0.2) is 35.5 Å². The van der Waals surface area contributed by atoms with E-state index < -0.39 is 26.6 Å². The molecule has 9 nitrogen and oxygen atoms in total. The fraction of sp³-hybridized carbons (Fsp3) is 0.100. The molecule has 0 radical (unpaired) electrons. The molecule has 1 aromatic carbocycles. The highest BCUT2D eigenvalue weighted by atomic mass is 32.2. The lowest BCUT2D eigenvalue weighted by Crippen LogP contribution is -2.15. The van der Waals surface area contributed by atoms with Crippen molar-refractivity contribution >= 4 is 32.7 Å². The van der Waals surface area contributed by atoms with E-state index in [1.807, 2.05) is 0 Å². The van der Waals surface area contributed by atoms with E-state index in [-0.39, 0.29) is 17.5 Å². The number of hydrogen-bond donors (Lipinski definition) is 2. The first-order valence-electron chi connectivity index (χ1n) is 9.10. The number of hydrogen-bond acceptors (Lipinski definition) is 8. The standard InChI is InChI=1S/C20H16F2N6O3S/c1-10-14-5-11(8-24-18(14)27-20(23)26-10)12-6-16(19(31-2)25-9-12)28-32(29,30)17-4-3-13(21)7-15(17)22/h3-9,28H,1-2H3,(H2,23,24,26,27). The van der Waals surface area contributed by atoms with E-state index in [1.54, 1.807) is 13.0 Å². The van der Waals surface area contributed by atoms with Crippen molar-refractivity contribution in [1.29, 1.82) is 0 Å². The molecule has 0 amide bonds. The zero-order valence-electron chi connectivity index (χ0n) is 16.8. The van der Waals surface area contributed by atoms with Crippen LogP contribution in [-0.2, 0) is 10.0 Å². The third kappa shape index (κ3) is 3.99. The predicted molar refractivity (Wildman–Crippen MR) is 113 cm³/mol. The molecule has 4 aromatic rings. The quantitative estimate of drug-likeness (QED) is 0.466. The van der Waals surface area contributed by atoms with Gasteiger partial charge in [0.1, 0.15) is 22.2 Å². The number of nitrogens with two attached hydrogens (primary N) is 1. The molecule has 0 spiro atoms. The molecule has 0 bridgehead atoms. The molecule has 4 rings (SSSR count). The van der Waals surface area contributed by atoms with Crippen molar-refractivity contribution in [2.24, 2.45) is 0 Å². The number of aromatic nitrogens is 4. The molecule has 32 heavy (non-hydrogen) atoms. The number of nitrogens with zero attached hydrogens (tertiary/aromatic N) is 4. The van der Waals surface area contributed by atoms with Gasteiger partial charge < -0.3 is 10.5 Å². The molecule has 0 aliphatic rings. The first kappa shape index (κ1) is 21.3. The lowest BCUT2D eigenvalue weighted by molar-refractivity contribution is 0.400. The van der Waals surface area contributed by atoms with E-state index >= 15 is 0 Å². The Morgan fingerprint density at radius 1 is 1.03 bits per heavy atom. The highest BCUT2D eigenvalue weighted by Crippen LogP contribution is 2.31. The first-order valence-corrected chi connectivity index (χ1v) is 10.6. The monoisotopic (exact) mass is 458 g/mol. The minimum atomic E-state index is -4.40. The smallest absolute Gasteiger partial charge is 0.264 e. The van der Waals surface area contributed by atoms with E-state index in [1.165, 1.54) is 25.6 Å². The number of benzene rings is 1. The van der Waals surface area contributed by atoms with Crippen molar-refractivity contribution in [1.82, 2.24) is 19.9 Å². The number of ether oxygens (including phenoxy) is 1. The van der Waals surface area contributed by atoms with Crippen LogP contribution in [0.25, 0.3) is 22.2 Å². The lowest BCUT2D eigenvalue weighted by atomic mass is 10.1. The van der Waals surface area contributed by atoms with Crippen LogP contribution >= 0.6 is 0 Å². The zero-order chi connectivity index (χ0) is 23.0. The molecular formula is C20H16F2N6O3S. The van der Waals surface area contributed by atoms with Gasteiger partial charge in [0.2, 0.25) is 11.8 Å². The van der Waals surface area contributed by atoms with Gasteiger partial charge in [0.05, 0.1) is 12.8 Å². The molecule has 3 aromatic heterocycles. The number of methoxy groups -OCH3 is 1. The Kier molecular flexibility index (Phi) is 5.30. The number of pyridine rings is 2. The van der Waals surface area contributed by atoms with Gasteiger partial charge in [-0.2, -0.15) is 4.98 Å². The van der Waals surface area contributed by atoms with Gasteiger partial charge in [0.25, 0.3) is 10.0 Å². The Hall–Kier alpha value is -3.93. The van der Waals surface area contributed by atoms with Crippen molar-refractivity contribution in [3.05, 3.63) is 60.1 Å². The average Bonchev–Trinajstić information content (AvgIpc) is 2.73. The average molecular weight is 458 g/mol. The summed E-state index contributed by atoms with van der Waals surface area (Å²) in [6.45, 7) is 1.76. The summed E-state index contributed by atoms with van der Waals surface area (Å²) in [7, 11) is -3.09. The molecule has 0 aliphatic carbocycles. The van der Waals surface area contributed by atoms with Crippen LogP contribution in [0.5, 0.6) is 5.88 Å². The fourth-order valence-electron chi connectivity index (χ4n) is 3.08. The molecule has 0 saturated heterocycles. The van der Waals surface area contributed by atoms with Crippen LogP contribution in [0.2, 0.25) is 0 Å². The van der Waals surface area contributed by atoms with Gasteiger partial charge in [-0.05, 0) is 31.2 Å². The number of sulfonamides is 1. The first-order chi connectivity index (χ1) is 15.2. The highest BCUT2D eigenvalue weighted by Gasteiger charge is 2.22. The Morgan fingerprint density at radius 3 is 2.47 bits per heavy atom. The molecular weight excluding hydrogens is 442 g/mol. The molecule has 0 fully saturated rings. The lowest BCUT2D eigenvalue weighted by Gasteiger charge is -2.13. The second-order valence-corrected chi connectivity index (χ2v) is 8.37. The number of nitrogens with one attached hydrogen (secondary N) is 1. The maximum atomic E-state index is 14.1. The van der Waals surface area contributed by atoms with E-state index in [2.05, 4.69) is 24.7 Å². The van der Waals surface area contributed by atoms with Crippen molar-refractivity contribution in [3.63, 3.8) is 0 Å². The third-order valence-corrected chi connectivity index (χ3v) is 5.96.